The average Bonchev–Trinajstić information content (AvgIpc) is 2.60. The normalized spacial score (nSPS) is 12.0. The largest absolute Gasteiger partial charge is 0.351 e. The number of thioether (sulfide) groups is 1. The zero-order chi connectivity index (χ0) is 16.1. The van der Waals surface area contributed by atoms with Crippen molar-refractivity contribution in [3.8, 4) is 0 Å². The van der Waals surface area contributed by atoms with Gasteiger partial charge in [-0.05, 0) is 35.4 Å². The molecule has 0 bridgehead atoms. The van der Waals surface area contributed by atoms with Crippen molar-refractivity contribution in [1.82, 2.24) is 5.32 Å². The number of benzene rings is 3. The monoisotopic (exact) mass is 321 g/mol. The first kappa shape index (κ1) is 15.6. The molecule has 0 fully saturated rings. The van der Waals surface area contributed by atoms with E-state index in [-0.39, 0.29) is 11.2 Å². The fourth-order valence-electron chi connectivity index (χ4n) is 2.53. The minimum Gasteiger partial charge on any atom is -0.351 e. The molecule has 0 aliphatic carbocycles. The van der Waals surface area contributed by atoms with Crippen molar-refractivity contribution < 1.29 is 4.79 Å². The lowest BCUT2D eigenvalue weighted by molar-refractivity contribution is -0.120. The van der Waals surface area contributed by atoms with E-state index in [9.17, 15) is 4.79 Å². The van der Waals surface area contributed by atoms with Crippen LogP contribution in [0, 0.1) is 0 Å². The third-order valence-corrected chi connectivity index (χ3v) is 4.87. The number of carbonyl (C=O) groups excluding carboxylic acids is 1. The topological polar surface area (TPSA) is 29.1 Å². The van der Waals surface area contributed by atoms with Crippen LogP contribution >= 0.6 is 11.8 Å². The number of carbonyl (C=O) groups is 1. The Morgan fingerprint density at radius 3 is 2.48 bits per heavy atom. The summed E-state index contributed by atoms with van der Waals surface area (Å²) in [6, 6.07) is 24.5. The van der Waals surface area contributed by atoms with Gasteiger partial charge >= 0.3 is 0 Å². The van der Waals surface area contributed by atoms with Gasteiger partial charge in [0.25, 0.3) is 0 Å². The Morgan fingerprint density at radius 2 is 1.65 bits per heavy atom. The molecule has 1 atom stereocenters. The first-order chi connectivity index (χ1) is 11.2. The second kappa shape index (κ2) is 7.34. The first-order valence-corrected chi connectivity index (χ1v) is 8.58. The summed E-state index contributed by atoms with van der Waals surface area (Å²) in [5, 5.41) is 5.33. The highest BCUT2D eigenvalue weighted by Crippen LogP contribution is 2.23. The third-order valence-electron chi connectivity index (χ3n) is 3.76. The summed E-state index contributed by atoms with van der Waals surface area (Å²) < 4.78 is 0. The molecule has 3 aromatic rings. The smallest absolute Gasteiger partial charge is 0.233 e. The molecule has 1 N–H and O–H groups in total. The molecule has 1 amide bonds. The second-order valence-corrected chi connectivity index (χ2v) is 6.84. The van der Waals surface area contributed by atoms with Gasteiger partial charge in [-0.25, -0.2) is 0 Å². The molecule has 0 aliphatic heterocycles. The van der Waals surface area contributed by atoms with Gasteiger partial charge in [0, 0.05) is 11.4 Å². The number of rotatable bonds is 5. The van der Waals surface area contributed by atoms with Crippen molar-refractivity contribution >= 4 is 28.4 Å². The Kier molecular flexibility index (Phi) is 4.99. The lowest BCUT2D eigenvalue weighted by atomic mass is 10.0. The van der Waals surface area contributed by atoms with Crippen LogP contribution in [0.2, 0.25) is 0 Å². The van der Waals surface area contributed by atoms with Crippen LogP contribution in [0.15, 0.2) is 77.7 Å². The molecule has 0 saturated heterocycles. The first-order valence-electron chi connectivity index (χ1n) is 7.70. The molecule has 0 spiro atoms. The minimum atomic E-state index is -0.118. The van der Waals surface area contributed by atoms with Crippen LogP contribution < -0.4 is 5.32 Å². The Balaban J connectivity index is 1.64. The fourth-order valence-corrected chi connectivity index (χ4v) is 3.44. The van der Waals surface area contributed by atoms with E-state index in [1.165, 1.54) is 10.8 Å². The summed E-state index contributed by atoms with van der Waals surface area (Å²) in [5.74, 6) is 0.0618. The summed E-state index contributed by atoms with van der Waals surface area (Å²) in [6.07, 6.45) is 0. The summed E-state index contributed by atoms with van der Waals surface area (Å²) in [4.78, 5) is 13.4. The fraction of sp³-hybridized carbons (Fsp3) is 0.150. The van der Waals surface area contributed by atoms with Crippen molar-refractivity contribution in [3.05, 3.63) is 78.4 Å². The number of hydrogen-bond acceptors (Lipinski definition) is 2. The summed E-state index contributed by atoms with van der Waals surface area (Å²) in [5.41, 5.74) is 1.15. The van der Waals surface area contributed by atoms with Crippen molar-refractivity contribution in [3.63, 3.8) is 0 Å². The van der Waals surface area contributed by atoms with Crippen molar-refractivity contribution in [2.45, 2.75) is 23.6 Å². The van der Waals surface area contributed by atoms with E-state index in [1.54, 1.807) is 11.8 Å². The van der Waals surface area contributed by atoms with Gasteiger partial charge < -0.3 is 5.32 Å². The lowest BCUT2D eigenvalue weighted by Crippen LogP contribution is -2.30. The molecular weight excluding hydrogens is 302 g/mol. The second-order valence-electron chi connectivity index (χ2n) is 5.43. The number of hydrogen-bond donors (Lipinski definition) is 1. The molecule has 23 heavy (non-hydrogen) atoms. The van der Waals surface area contributed by atoms with E-state index in [4.69, 9.17) is 0 Å². The van der Waals surface area contributed by atoms with E-state index < -0.39 is 0 Å². The highest BCUT2D eigenvalue weighted by Gasteiger charge is 2.14. The highest BCUT2D eigenvalue weighted by molar-refractivity contribution is 8.00. The molecule has 2 nitrogen and oxygen atoms in total. The molecule has 0 aliphatic rings. The van der Waals surface area contributed by atoms with E-state index in [1.807, 2.05) is 55.5 Å². The van der Waals surface area contributed by atoms with Gasteiger partial charge in [-0.2, -0.15) is 0 Å². The molecule has 3 heteroatoms. The minimum absolute atomic E-state index is 0.0618. The SMILES string of the molecule is C[C@H](Sc1ccccc1)C(=O)NCc1cccc2ccccc12. The number of nitrogens with one attached hydrogen (secondary N) is 1. The van der Waals surface area contributed by atoms with E-state index in [0.717, 1.165) is 10.5 Å². The maximum atomic E-state index is 12.3. The molecule has 3 aromatic carbocycles. The lowest BCUT2D eigenvalue weighted by Gasteiger charge is -2.13. The molecule has 0 radical (unpaired) electrons. The zero-order valence-electron chi connectivity index (χ0n) is 13.0. The van der Waals surface area contributed by atoms with Crippen molar-refractivity contribution in [1.29, 1.82) is 0 Å². The van der Waals surface area contributed by atoms with Gasteiger partial charge in [-0.15, -0.1) is 11.8 Å². The van der Waals surface area contributed by atoms with Crippen molar-refractivity contribution in [2.75, 3.05) is 0 Å². The van der Waals surface area contributed by atoms with E-state index in [2.05, 4.69) is 29.6 Å². The van der Waals surface area contributed by atoms with E-state index >= 15 is 0 Å². The molecule has 0 heterocycles. The number of amides is 1. The van der Waals surface area contributed by atoms with Gasteiger partial charge in [0.2, 0.25) is 5.91 Å². The van der Waals surface area contributed by atoms with Crippen LogP contribution in [0.25, 0.3) is 10.8 Å². The zero-order valence-corrected chi connectivity index (χ0v) is 13.8. The molecule has 116 valence electrons. The van der Waals surface area contributed by atoms with Crippen LogP contribution in [0.4, 0.5) is 0 Å². The number of fused-ring (bicyclic) bond motifs is 1. The predicted molar refractivity (Wildman–Crippen MR) is 97.6 cm³/mol. The average molecular weight is 321 g/mol. The van der Waals surface area contributed by atoms with Gasteiger partial charge in [0.15, 0.2) is 0 Å². The van der Waals surface area contributed by atoms with Crippen LogP contribution in [0.3, 0.4) is 0 Å². The molecule has 3 rings (SSSR count). The Morgan fingerprint density at radius 1 is 0.957 bits per heavy atom. The summed E-state index contributed by atoms with van der Waals surface area (Å²) >= 11 is 1.58. The van der Waals surface area contributed by atoms with Gasteiger partial charge in [0.1, 0.15) is 0 Å². The molecule has 0 unspecified atom stereocenters. The van der Waals surface area contributed by atoms with Crippen molar-refractivity contribution in [2.24, 2.45) is 0 Å². The van der Waals surface area contributed by atoms with E-state index in [0.29, 0.717) is 6.54 Å². The molecule has 0 saturated carbocycles. The van der Waals surface area contributed by atoms with Crippen LogP contribution in [-0.4, -0.2) is 11.2 Å². The predicted octanol–water partition coefficient (Wildman–Crippen LogP) is 4.64. The molecule has 0 aromatic heterocycles. The third kappa shape index (κ3) is 3.93. The highest BCUT2D eigenvalue weighted by atomic mass is 32.2. The quantitative estimate of drug-likeness (QED) is 0.694. The van der Waals surface area contributed by atoms with Gasteiger partial charge in [-0.3, -0.25) is 4.79 Å². The Hall–Kier alpha value is -2.26. The summed E-state index contributed by atoms with van der Waals surface area (Å²) in [6.45, 7) is 2.50. The molecular formula is C20H19NOS. The Bertz CT molecular complexity index is 796. The van der Waals surface area contributed by atoms with Crippen LogP contribution in [0.1, 0.15) is 12.5 Å². The van der Waals surface area contributed by atoms with Crippen LogP contribution in [-0.2, 0) is 11.3 Å². The standard InChI is InChI=1S/C20H19NOS/c1-15(23-18-11-3-2-4-12-18)20(22)21-14-17-10-7-9-16-8-5-6-13-19(16)17/h2-13,15H,14H2,1H3,(H,21,22)/t15-/m0/s1. The maximum absolute atomic E-state index is 12.3. The van der Waals surface area contributed by atoms with Gasteiger partial charge in [-0.1, -0.05) is 60.7 Å². The van der Waals surface area contributed by atoms with Crippen LogP contribution in [0.5, 0.6) is 0 Å². The Labute approximate surface area is 140 Å². The maximum Gasteiger partial charge on any atom is 0.233 e. The van der Waals surface area contributed by atoms with Gasteiger partial charge in [0.05, 0.1) is 5.25 Å². The summed E-state index contributed by atoms with van der Waals surface area (Å²) in [7, 11) is 0.